The number of hydrogen-bond acceptors (Lipinski definition) is 3. The van der Waals surface area contributed by atoms with Gasteiger partial charge in [0.2, 0.25) is 0 Å². The molecule has 0 radical (unpaired) electrons. The van der Waals surface area contributed by atoms with Gasteiger partial charge in [-0.1, -0.05) is 18.6 Å². The molecule has 2 N–H and O–H groups in total. The van der Waals surface area contributed by atoms with Gasteiger partial charge in [0.25, 0.3) is 5.91 Å². The molecule has 4 rings (SSSR count). The minimum atomic E-state index is -0.165. The summed E-state index contributed by atoms with van der Waals surface area (Å²) in [5, 5.41) is 8.22. The predicted octanol–water partition coefficient (Wildman–Crippen LogP) is 5.21. The third-order valence-corrected chi connectivity index (χ3v) is 5.24. The molecule has 0 saturated heterocycles. The zero-order valence-electron chi connectivity index (χ0n) is 17.3. The fourth-order valence-electron chi connectivity index (χ4n) is 3.61. The first-order valence-electron chi connectivity index (χ1n) is 10.0. The number of aryl methyl sites for hydroxylation is 1. The van der Waals surface area contributed by atoms with E-state index in [9.17, 15) is 9.59 Å². The Morgan fingerprint density at radius 3 is 2.57 bits per heavy atom. The van der Waals surface area contributed by atoms with E-state index in [1.54, 1.807) is 17.1 Å². The van der Waals surface area contributed by atoms with Gasteiger partial charge in [-0.2, -0.15) is 5.10 Å². The van der Waals surface area contributed by atoms with Crippen LogP contribution in [0.25, 0.3) is 16.6 Å². The summed E-state index contributed by atoms with van der Waals surface area (Å²) in [6.45, 7) is 5.89. The van der Waals surface area contributed by atoms with Gasteiger partial charge in [-0.15, -0.1) is 0 Å². The molecule has 0 aliphatic carbocycles. The zero-order valence-corrected chi connectivity index (χ0v) is 17.3. The average molecular weight is 400 g/mol. The first kappa shape index (κ1) is 19.6. The number of anilines is 1. The van der Waals surface area contributed by atoms with E-state index in [1.165, 1.54) is 0 Å². The molecule has 6 nitrogen and oxygen atoms in total. The largest absolute Gasteiger partial charge is 0.360 e. The summed E-state index contributed by atoms with van der Waals surface area (Å²) in [5.74, 6) is -0.0542. The maximum absolute atomic E-state index is 12.8. The molecule has 2 aromatic carbocycles. The minimum absolute atomic E-state index is 0.110. The molecule has 0 bridgehead atoms. The molecular weight excluding hydrogens is 376 g/mol. The monoisotopic (exact) mass is 400 g/mol. The highest BCUT2D eigenvalue weighted by Crippen LogP contribution is 2.22. The van der Waals surface area contributed by atoms with E-state index < -0.39 is 0 Å². The molecule has 4 aromatic rings. The van der Waals surface area contributed by atoms with Crippen molar-refractivity contribution in [1.29, 1.82) is 0 Å². The van der Waals surface area contributed by atoms with E-state index in [1.807, 2.05) is 63.2 Å². The van der Waals surface area contributed by atoms with Crippen LogP contribution in [0.4, 0.5) is 5.69 Å². The topological polar surface area (TPSA) is 79.8 Å². The van der Waals surface area contributed by atoms with Crippen molar-refractivity contribution in [2.45, 2.75) is 33.6 Å². The first-order valence-corrected chi connectivity index (χ1v) is 10.0. The Bertz CT molecular complexity index is 1230. The van der Waals surface area contributed by atoms with Crippen molar-refractivity contribution in [2.75, 3.05) is 5.32 Å². The highest BCUT2D eigenvalue weighted by atomic mass is 16.1. The predicted molar refractivity (Wildman–Crippen MR) is 119 cm³/mol. The van der Waals surface area contributed by atoms with Gasteiger partial charge in [-0.3, -0.25) is 9.59 Å². The number of H-pyrrole nitrogens is 1. The van der Waals surface area contributed by atoms with Gasteiger partial charge in [-0.05, 0) is 56.7 Å². The number of fused-ring (bicyclic) bond motifs is 1. The number of aromatic amines is 1. The lowest BCUT2D eigenvalue weighted by molar-refractivity contribution is 0.0979. The van der Waals surface area contributed by atoms with E-state index in [0.29, 0.717) is 23.2 Å². The third-order valence-electron chi connectivity index (χ3n) is 5.24. The van der Waals surface area contributed by atoms with E-state index in [-0.39, 0.29) is 11.7 Å². The second-order valence-corrected chi connectivity index (χ2v) is 7.48. The van der Waals surface area contributed by atoms with E-state index >= 15 is 0 Å². The molecule has 0 aliphatic rings. The SMILES string of the molecule is CCCC(=O)c1cnn(-c2ccc(NC(=O)c3c[nH]c4ccc(C)cc34)cc2)c1C. The van der Waals surface area contributed by atoms with Crippen LogP contribution in [-0.2, 0) is 0 Å². The molecule has 0 unspecified atom stereocenters. The molecule has 30 heavy (non-hydrogen) atoms. The van der Waals surface area contributed by atoms with Crippen molar-refractivity contribution in [3.63, 3.8) is 0 Å². The van der Waals surface area contributed by atoms with Crippen molar-refractivity contribution in [3.8, 4) is 5.69 Å². The number of rotatable bonds is 6. The second kappa shape index (κ2) is 7.99. The van der Waals surface area contributed by atoms with Crippen molar-refractivity contribution in [1.82, 2.24) is 14.8 Å². The van der Waals surface area contributed by atoms with Crippen LogP contribution in [0.15, 0.2) is 54.9 Å². The van der Waals surface area contributed by atoms with Gasteiger partial charge in [0.1, 0.15) is 0 Å². The fraction of sp³-hybridized carbons (Fsp3) is 0.208. The summed E-state index contributed by atoms with van der Waals surface area (Å²) in [4.78, 5) is 28.1. The molecule has 2 heterocycles. The number of Topliss-reactive ketones (excluding diaryl/α,β-unsaturated/α-hetero) is 1. The van der Waals surface area contributed by atoms with Crippen LogP contribution in [0.2, 0.25) is 0 Å². The van der Waals surface area contributed by atoms with Crippen molar-refractivity contribution < 1.29 is 9.59 Å². The first-order chi connectivity index (χ1) is 14.5. The molecule has 152 valence electrons. The highest BCUT2D eigenvalue weighted by molar-refractivity contribution is 6.12. The fourth-order valence-corrected chi connectivity index (χ4v) is 3.61. The van der Waals surface area contributed by atoms with Crippen molar-refractivity contribution >= 4 is 28.3 Å². The Kier molecular flexibility index (Phi) is 5.23. The number of aromatic nitrogens is 3. The number of hydrogen-bond donors (Lipinski definition) is 2. The number of ketones is 1. The van der Waals surface area contributed by atoms with Crippen LogP contribution in [0, 0.1) is 13.8 Å². The standard InChI is InChI=1S/C24H24N4O2/c1-4-5-23(29)20-14-26-28(16(20)3)18-9-7-17(8-10-18)27-24(30)21-13-25-22-11-6-15(2)12-19(21)22/h6-14,25H,4-5H2,1-3H3,(H,27,30). The average Bonchev–Trinajstić information content (AvgIpc) is 3.32. The summed E-state index contributed by atoms with van der Waals surface area (Å²) < 4.78 is 1.75. The van der Waals surface area contributed by atoms with Gasteiger partial charge >= 0.3 is 0 Å². The van der Waals surface area contributed by atoms with Crippen molar-refractivity contribution in [2.24, 2.45) is 0 Å². The molecule has 0 spiro atoms. The Hall–Kier alpha value is -3.67. The molecular formula is C24H24N4O2. The number of nitrogens with one attached hydrogen (secondary N) is 2. The smallest absolute Gasteiger partial charge is 0.257 e. The van der Waals surface area contributed by atoms with E-state index in [2.05, 4.69) is 15.4 Å². The number of amides is 1. The number of benzene rings is 2. The Balaban J connectivity index is 1.53. The Morgan fingerprint density at radius 1 is 1.07 bits per heavy atom. The van der Waals surface area contributed by atoms with Gasteiger partial charge in [0.15, 0.2) is 5.78 Å². The van der Waals surface area contributed by atoms with Crippen molar-refractivity contribution in [3.05, 3.63) is 77.2 Å². The molecule has 2 aromatic heterocycles. The third kappa shape index (κ3) is 3.64. The van der Waals surface area contributed by atoms with Crippen LogP contribution in [0.1, 0.15) is 51.7 Å². The minimum Gasteiger partial charge on any atom is -0.360 e. The summed E-state index contributed by atoms with van der Waals surface area (Å²) in [7, 11) is 0. The molecule has 6 heteroatoms. The molecule has 0 aliphatic heterocycles. The lowest BCUT2D eigenvalue weighted by Gasteiger charge is -2.08. The summed E-state index contributed by atoms with van der Waals surface area (Å²) in [6.07, 6.45) is 4.69. The lowest BCUT2D eigenvalue weighted by Crippen LogP contribution is -2.11. The maximum Gasteiger partial charge on any atom is 0.257 e. The highest BCUT2D eigenvalue weighted by Gasteiger charge is 2.15. The maximum atomic E-state index is 12.8. The summed E-state index contributed by atoms with van der Waals surface area (Å²) >= 11 is 0. The molecule has 0 saturated carbocycles. The molecule has 1 amide bonds. The van der Waals surface area contributed by atoms with Crippen LogP contribution < -0.4 is 5.32 Å². The van der Waals surface area contributed by atoms with Crippen LogP contribution >= 0.6 is 0 Å². The number of nitrogens with zero attached hydrogens (tertiary/aromatic N) is 2. The van der Waals surface area contributed by atoms with Gasteiger partial charge in [0.05, 0.1) is 28.7 Å². The van der Waals surface area contributed by atoms with Crippen LogP contribution in [-0.4, -0.2) is 26.5 Å². The number of carbonyl (C=O) groups excluding carboxylic acids is 2. The summed E-state index contributed by atoms with van der Waals surface area (Å²) in [6, 6.07) is 13.4. The second-order valence-electron chi connectivity index (χ2n) is 7.48. The molecule has 0 fully saturated rings. The van der Waals surface area contributed by atoms with Crippen LogP contribution in [0.5, 0.6) is 0 Å². The number of carbonyl (C=O) groups is 2. The molecule has 0 atom stereocenters. The Labute approximate surface area is 174 Å². The Morgan fingerprint density at radius 2 is 1.83 bits per heavy atom. The van der Waals surface area contributed by atoms with E-state index in [0.717, 1.165) is 34.3 Å². The van der Waals surface area contributed by atoms with Gasteiger partial charge in [0, 0.05) is 29.2 Å². The summed E-state index contributed by atoms with van der Waals surface area (Å²) in [5.41, 5.74) is 5.65. The lowest BCUT2D eigenvalue weighted by atomic mass is 10.1. The quantitative estimate of drug-likeness (QED) is 0.436. The van der Waals surface area contributed by atoms with Crippen LogP contribution in [0.3, 0.4) is 0 Å². The normalized spacial score (nSPS) is 11.0. The van der Waals surface area contributed by atoms with E-state index in [4.69, 9.17) is 0 Å². The van der Waals surface area contributed by atoms with Gasteiger partial charge in [-0.25, -0.2) is 4.68 Å². The zero-order chi connectivity index (χ0) is 21.3. The van der Waals surface area contributed by atoms with Gasteiger partial charge < -0.3 is 10.3 Å².